The van der Waals surface area contributed by atoms with E-state index in [9.17, 15) is 28.8 Å². The number of aromatic nitrogens is 2. The molecule has 1 aromatic heterocycles. The highest BCUT2D eigenvalue weighted by molar-refractivity contribution is 6.38. The van der Waals surface area contributed by atoms with Crippen molar-refractivity contribution in [2.24, 2.45) is 34.5 Å². The van der Waals surface area contributed by atoms with Crippen molar-refractivity contribution in [2.45, 2.75) is 110 Å². The Morgan fingerprint density at radius 1 is 1.00 bits per heavy atom. The van der Waals surface area contributed by atoms with Crippen LogP contribution in [0.2, 0.25) is 0 Å². The maximum Gasteiger partial charge on any atom is 0.289 e. The van der Waals surface area contributed by atoms with Crippen LogP contribution in [0.4, 0.5) is 0 Å². The quantitative estimate of drug-likeness (QED) is 0.170. The van der Waals surface area contributed by atoms with Gasteiger partial charge in [0.2, 0.25) is 23.5 Å². The molecule has 6 unspecified atom stereocenters. The van der Waals surface area contributed by atoms with E-state index >= 15 is 0 Å². The second-order valence-electron chi connectivity index (χ2n) is 16.2. The molecule has 4 N–H and O–H groups in total. The molecule has 5 amide bonds. The van der Waals surface area contributed by atoms with Crippen molar-refractivity contribution in [3.63, 3.8) is 0 Å². The van der Waals surface area contributed by atoms with E-state index in [4.69, 9.17) is 0 Å². The van der Waals surface area contributed by atoms with Crippen molar-refractivity contribution in [2.75, 3.05) is 13.1 Å². The molecule has 2 heterocycles. The minimum atomic E-state index is -1.01. The van der Waals surface area contributed by atoms with Gasteiger partial charge in [-0.05, 0) is 53.8 Å². The van der Waals surface area contributed by atoms with Gasteiger partial charge in [0.15, 0.2) is 0 Å². The van der Waals surface area contributed by atoms with Crippen molar-refractivity contribution in [1.82, 2.24) is 36.1 Å². The minimum Gasteiger partial charge on any atom is -0.346 e. The first-order valence-corrected chi connectivity index (χ1v) is 18.1. The molecule has 50 heavy (non-hydrogen) atoms. The molecule has 13 nitrogen and oxygen atoms in total. The minimum absolute atomic E-state index is 0.0632. The first kappa shape index (κ1) is 37.1. The number of carbonyl (C=O) groups is 6. The van der Waals surface area contributed by atoms with Gasteiger partial charge in [-0.15, -0.1) is 6.58 Å². The summed E-state index contributed by atoms with van der Waals surface area (Å²) in [5.41, 5.74) is -0.864. The van der Waals surface area contributed by atoms with Gasteiger partial charge < -0.3 is 26.2 Å². The van der Waals surface area contributed by atoms with Crippen molar-refractivity contribution < 1.29 is 28.8 Å². The number of Topliss-reactive ketones (excluding diaryl/α,β-unsaturated/α-hetero) is 1. The standard InChI is InChI=1S/C37H53N7O6/c1-7-15-40-34(49)29(45)24(18-21-13-14-21)41-33(48)28-26-23(37(26,5)6)20-44(28)35(50)30(36(2,3)4)43-32(47)27(22-11-9-8-10-12-22)42-31(46)25-19-38-16-17-39-25/h7,16-17,19,21-24,26-28,30H,1,8-15,18,20H2,2-6H3,(H,40,49)(H,41,48)(H,42,46)(H,43,47). The molecule has 13 heteroatoms. The zero-order valence-electron chi connectivity index (χ0n) is 30.0. The number of nitrogens with one attached hydrogen (secondary N) is 4. The first-order chi connectivity index (χ1) is 23.6. The second-order valence-corrected chi connectivity index (χ2v) is 16.2. The third-order valence-corrected chi connectivity index (χ3v) is 11.2. The maximum atomic E-state index is 14.6. The molecule has 4 aliphatic rings. The lowest BCUT2D eigenvalue weighted by atomic mass is 9.82. The molecule has 272 valence electrons. The summed E-state index contributed by atoms with van der Waals surface area (Å²) in [5.74, 6) is -3.31. The Hall–Kier alpha value is -4.16. The molecule has 0 bridgehead atoms. The predicted molar refractivity (Wildman–Crippen MR) is 185 cm³/mol. The fraction of sp³-hybridized carbons (Fsp3) is 0.676. The molecule has 3 aliphatic carbocycles. The number of ketones is 1. The molecule has 6 atom stereocenters. The predicted octanol–water partition coefficient (Wildman–Crippen LogP) is 2.33. The van der Waals surface area contributed by atoms with E-state index in [1.807, 2.05) is 20.8 Å². The Bertz CT molecular complexity index is 1480. The van der Waals surface area contributed by atoms with Gasteiger partial charge in [-0.1, -0.05) is 72.8 Å². The smallest absolute Gasteiger partial charge is 0.289 e. The highest BCUT2D eigenvalue weighted by Crippen LogP contribution is 2.65. The topological polar surface area (TPSA) is 180 Å². The van der Waals surface area contributed by atoms with E-state index in [1.54, 1.807) is 4.90 Å². The van der Waals surface area contributed by atoms with Gasteiger partial charge in [0.1, 0.15) is 23.8 Å². The van der Waals surface area contributed by atoms with E-state index in [2.05, 4.69) is 51.7 Å². The number of amides is 5. The van der Waals surface area contributed by atoms with Gasteiger partial charge in [0.25, 0.3) is 11.8 Å². The van der Waals surface area contributed by atoms with E-state index < -0.39 is 64.9 Å². The van der Waals surface area contributed by atoms with E-state index in [1.165, 1.54) is 24.7 Å². The number of likely N-dealkylation sites (tertiary alicyclic amines) is 1. The Kier molecular flexibility index (Phi) is 11.1. The highest BCUT2D eigenvalue weighted by atomic mass is 16.2. The fourth-order valence-electron chi connectivity index (χ4n) is 7.94. The Balaban J connectivity index is 1.36. The monoisotopic (exact) mass is 691 g/mol. The largest absolute Gasteiger partial charge is 0.346 e. The molecule has 0 radical (unpaired) electrons. The van der Waals surface area contributed by atoms with Gasteiger partial charge in [-0.25, -0.2) is 4.98 Å². The fourth-order valence-corrected chi connectivity index (χ4v) is 7.94. The SMILES string of the molecule is C=CCNC(=O)C(=O)C(CC1CC1)NC(=O)C1C2C(CN1C(=O)C(NC(=O)C(NC(=O)c1cnccn1)C1CCCCC1)C(C)(C)C)C2(C)C. The van der Waals surface area contributed by atoms with Gasteiger partial charge >= 0.3 is 0 Å². The number of piperidine rings is 1. The van der Waals surface area contributed by atoms with Crippen LogP contribution < -0.4 is 21.3 Å². The molecular formula is C37H53N7O6. The lowest BCUT2D eigenvalue weighted by molar-refractivity contribution is -0.147. The molecule has 5 rings (SSSR count). The summed E-state index contributed by atoms with van der Waals surface area (Å²) < 4.78 is 0. The lowest BCUT2D eigenvalue weighted by Gasteiger charge is -2.39. The lowest BCUT2D eigenvalue weighted by Crippen LogP contribution is -2.63. The molecule has 1 aliphatic heterocycles. The molecule has 1 saturated heterocycles. The van der Waals surface area contributed by atoms with Gasteiger partial charge in [0.05, 0.1) is 12.2 Å². The summed E-state index contributed by atoms with van der Waals surface area (Å²) >= 11 is 0. The Labute approximate surface area is 294 Å². The second kappa shape index (κ2) is 15.0. The Morgan fingerprint density at radius 3 is 2.30 bits per heavy atom. The normalized spacial score (nSPS) is 24.5. The van der Waals surface area contributed by atoms with Crippen molar-refractivity contribution in [3.8, 4) is 0 Å². The van der Waals surface area contributed by atoms with Crippen molar-refractivity contribution in [3.05, 3.63) is 36.9 Å². The summed E-state index contributed by atoms with van der Waals surface area (Å²) in [6, 6.07) is -3.79. The van der Waals surface area contributed by atoms with Crippen LogP contribution in [0.1, 0.15) is 96.5 Å². The average Bonchev–Trinajstić information content (AvgIpc) is 3.95. The number of carbonyl (C=O) groups excluding carboxylic acids is 6. The number of hydrogen-bond acceptors (Lipinski definition) is 8. The van der Waals surface area contributed by atoms with Crippen LogP contribution in [0.5, 0.6) is 0 Å². The van der Waals surface area contributed by atoms with E-state index in [0.717, 1.165) is 44.9 Å². The van der Waals surface area contributed by atoms with E-state index in [0.29, 0.717) is 13.0 Å². The summed E-state index contributed by atoms with van der Waals surface area (Å²) in [5, 5.41) is 11.3. The zero-order chi connectivity index (χ0) is 36.4. The van der Waals surface area contributed by atoms with Crippen LogP contribution in [-0.2, 0) is 24.0 Å². The van der Waals surface area contributed by atoms with Crippen molar-refractivity contribution in [1.29, 1.82) is 0 Å². The molecule has 3 saturated carbocycles. The summed E-state index contributed by atoms with van der Waals surface area (Å²) in [6.07, 6.45) is 12.3. The van der Waals surface area contributed by atoms with Crippen LogP contribution in [0.3, 0.4) is 0 Å². The van der Waals surface area contributed by atoms with Gasteiger partial charge in [0, 0.05) is 25.5 Å². The molecule has 4 fully saturated rings. The third kappa shape index (κ3) is 8.24. The summed E-state index contributed by atoms with van der Waals surface area (Å²) in [6.45, 7) is 13.7. The number of rotatable bonds is 14. The Morgan fingerprint density at radius 2 is 1.70 bits per heavy atom. The number of hydrogen-bond donors (Lipinski definition) is 4. The first-order valence-electron chi connectivity index (χ1n) is 18.1. The van der Waals surface area contributed by atoms with Crippen LogP contribution in [0.15, 0.2) is 31.2 Å². The van der Waals surface area contributed by atoms with Crippen LogP contribution in [-0.4, -0.2) is 87.4 Å². The van der Waals surface area contributed by atoms with E-state index in [-0.39, 0.29) is 41.3 Å². The molecular weight excluding hydrogens is 638 g/mol. The molecule has 0 spiro atoms. The van der Waals surface area contributed by atoms with Gasteiger partial charge in [-0.2, -0.15) is 0 Å². The summed E-state index contributed by atoms with van der Waals surface area (Å²) in [4.78, 5) is 91.5. The zero-order valence-corrected chi connectivity index (χ0v) is 30.0. The molecule has 0 aromatic carbocycles. The number of nitrogens with zero attached hydrogens (tertiary/aromatic N) is 3. The average molecular weight is 692 g/mol. The van der Waals surface area contributed by atoms with Gasteiger partial charge in [-0.3, -0.25) is 33.8 Å². The maximum absolute atomic E-state index is 14.6. The molecule has 1 aromatic rings. The summed E-state index contributed by atoms with van der Waals surface area (Å²) in [7, 11) is 0. The van der Waals surface area contributed by atoms with Crippen LogP contribution in [0.25, 0.3) is 0 Å². The van der Waals surface area contributed by atoms with Crippen LogP contribution >= 0.6 is 0 Å². The third-order valence-electron chi connectivity index (χ3n) is 11.2. The number of fused-ring (bicyclic) bond motifs is 1. The van der Waals surface area contributed by atoms with Crippen LogP contribution in [0, 0.1) is 34.5 Å². The van der Waals surface area contributed by atoms with Crippen molar-refractivity contribution >= 4 is 35.3 Å². The highest BCUT2D eigenvalue weighted by Gasteiger charge is 2.70.